The molecular formula is C15H24O. The van der Waals surface area contributed by atoms with Gasteiger partial charge in [-0.05, 0) is 30.2 Å². The first-order valence-corrected chi connectivity index (χ1v) is 6.50. The molecule has 90 valence electrons. The van der Waals surface area contributed by atoms with E-state index in [2.05, 4.69) is 37.3 Å². The minimum absolute atomic E-state index is 0.681. The Morgan fingerprint density at radius 2 is 1.62 bits per heavy atom. The van der Waals surface area contributed by atoms with E-state index in [4.69, 9.17) is 4.74 Å². The lowest BCUT2D eigenvalue weighted by molar-refractivity contribution is 0.0596. The average molecular weight is 220 g/mol. The summed E-state index contributed by atoms with van der Waals surface area (Å²) in [5.74, 6) is 1.49. The minimum Gasteiger partial charge on any atom is -0.381 e. The summed E-state index contributed by atoms with van der Waals surface area (Å²) in [4.78, 5) is 0. The highest BCUT2D eigenvalue weighted by Gasteiger charge is 2.21. The van der Waals surface area contributed by atoms with Gasteiger partial charge in [0.15, 0.2) is 0 Å². The summed E-state index contributed by atoms with van der Waals surface area (Å²) in [5.41, 5.74) is 1.47. The number of rotatable bonds is 2. The molecule has 1 saturated heterocycles. The van der Waals surface area contributed by atoms with Gasteiger partial charge in [0.25, 0.3) is 0 Å². The van der Waals surface area contributed by atoms with E-state index >= 15 is 0 Å². The van der Waals surface area contributed by atoms with Crippen molar-refractivity contribution in [2.45, 2.75) is 39.5 Å². The Morgan fingerprint density at radius 1 is 1.06 bits per heavy atom. The van der Waals surface area contributed by atoms with Crippen LogP contribution in [0.3, 0.4) is 0 Å². The molecule has 0 N–H and O–H groups in total. The standard InChI is InChI=1S/C13H18O.C2H6/c1-11(12-5-3-2-4-6-12)13-7-9-14-10-8-13;1-2/h2-6,11,13H,7-10H2,1H3;1-2H3/t11-;/m1./s1. The summed E-state index contributed by atoms with van der Waals surface area (Å²) >= 11 is 0. The smallest absolute Gasteiger partial charge is 0.0468 e. The molecule has 0 radical (unpaired) electrons. The van der Waals surface area contributed by atoms with Crippen LogP contribution in [0.1, 0.15) is 45.1 Å². The second-order valence-corrected chi connectivity index (χ2v) is 4.15. The molecule has 1 aromatic carbocycles. The first-order valence-electron chi connectivity index (χ1n) is 6.50. The fourth-order valence-electron chi connectivity index (χ4n) is 2.24. The molecule has 1 aliphatic heterocycles. The van der Waals surface area contributed by atoms with Crippen LogP contribution in [-0.4, -0.2) is 13.2 Å². The largest absolute Gasteiger partial charge is 0.381 e. The van der Waals surface area contributed by atoms with Crippen molar-refractivity contribution in [3.63, 3.8) is 0 Å². The van der Waals surface area contributed by atoms with E-state index in [0.29, 0.717) is 5.92 Å². The molecule has 1 aromatic rings. The third kappa shape index (κ3) is 3.64. The lowest BCUT2D eigenvalue weighted by Crippen LogP contribution is -2.20. The molecule has 1 atom stereocenters. The Labute approximate surface area is 99.8 Å². The molecule has 0 saturated carbocycles. The van der Waals surface area contributed by atoms with Gasteiger partial charge in [0, 0.05) is 13.2 Å². The van der Waals surface area contributed by atoms with Gasteiger partial charge in [0.2, 0.25) is 0 Å². The van der Waals surface area contributed by atoms with E-state index in [1.54, 1.807) is 0 Å². The van der Waals surface area contributed by atoms with Crippen LogP contribution in [-0.2, 0) is 4.74 Å². The topological polar surface area (TPSA) is 9.23 Å². The summed E-state index contributed by atoms with van der Waals surface area (Å²) in [5, 5.41) is 0. The van der Waals surface area contributed by atoms with Gasteiger partial charge in [0.05, 0.1) is 0 Å². The zero-order valence-corrected chi connectivity index (χ0v) is 10.8. The van der Waals surface area contributed by atoms with Gasteiger partial charge >= 0.3 is 0 Å². The predicted octanol–water partition coefficient (Wildman–Crippen LogP) is 4.24. The lowest BCUT2D eigenvalue weighted by atomic mass is 9.83. The molecule has 0 bridgehead atoms. The Morgan fingerprint density at radius 3 is 2.19 bits per heavy atom. The van der Waals surface area contributed by atoms with E-state index in [1.807, 2.05) is 13.8 Å². The molecule has 1 fully saturated rings. The van der Waals surface area contributed by atoms with Crippen LogP contribution in [0.25, 0.3) is 0 Å². The number of benzene rings is 1. The van der Waals surface area contributed by atoms with E-state index in [9.17, 15) is 0 Å². The molecule has 2 rings (SSSR count). The van der Waals surface area contributed by atoms with Gasteiger partial charge in [-0.3, -0.25) is 0 Å². The van der Waals surface area contributed by atoms with Crippen molar-refractivity contribution in [1.82, 2.24) is 0 Å². The highest BCUT2D eigenvalue weighted by Crippen LogP contribution is 2.31. The average Bonchev–Trinajstić information content (AvgIpc) is 2.42. The maximum absolute atomic E-state index is 5.39. The number of ether oxygens (including phenoxy) is 1. The molecule has 0 spiro atoms. The molecule has 0 amide bonds. The number of hydrogen-bond acceptors (Lipinski definition) is 1. The molecule has 0 unspecified atom stereocenters. The minimum atomic E-state index is 0.681. The molecule has 1 aliphatic rings. The summed E-state index contributed by atoms with van der Waals surface area (Å²) < 4.78 is 5.39. The van der Waals surface area contributed by atoms with Crippen LogP contribution in [0.5, 0.6) is 0 Å². The van der Waals surface area contributed by atoms with E-state index in [-0.39, 0.29) is 0 Å². The van der Waals surface area contributed by atoms with E-state index in [1.165, 1.54) is 18.4 Å². The van der Waals surface area contributed by atoms with Gasteiger partial charge < -0.3 is 4.74 Å². The van der Waals surface area contributed by atoms with Crippen LogP contribution >= 0.6 is 0 Å². The predicted molar refractivity (Wildman–Crippen MR) is 69.7 cm³/mol. The summed E-state index contributed by atoms with van der Waals surface area (Å²) in [6.07, 6.45) is 2.44. The number of hydrogen-bond donors (Lipinski definition) is 0. The van der Waals surface area contributed by atoms with Gasteiger partial charge in [-0.25, -0.2) is 0 Å². The van der Waals surface area contributed by atoms with Crippen molar-refractivity contribution in [3.8, 4) is 0 Å². The van der Waals surface area contributed by atoms with Crippen molar-refractivity contribution in [1.29, 1.82) is 0 Å². The highest BCUT2D eigenvalue weighted by molar-refractivity contribution is 5.19. The van der Waals surface area contributed by atoms with Gasteiger partial charge in [-0.2, -0.15) is 0 Å². The molecule has 1 nitrogen and oxygen atoms in total. The first-order chi connectivity index (χ1) is 7.88. The molecule has 0 aliphatic carbocycles. The normalized spacial score (nSPS) is 18.4. The van der Waals surface area contributed by atoms with Crippen LogP contribution in [0.4, 0.5) is 0 Å². The summed E-state index contributed by atoms with van der Waals surface area (Å²) in [7, 11) is 0. The Kier molecular flexibility index (Phi) is 6.17. The SMILES string of the molecule is CC.C[C@H](c1ccccc1)C1CCOCC1. The zero-order valence-electron chi connectivity index (χ0n) is 10.8. The maximum atomic E-state index is 5.39. The third-order valence-corrected chi connectivity index (χ3v) is 3.30. The van der Waals surface area contributed by atoms with Crippen molar-refractivity contribution in [2.24, 2.45) is 5.92 Å². The lowest BCUT2D eigenvalue weighted by Gasteiger charge is -2.28. The molecule has 0 aromatic heterocycles. The van der Waals surface area contributed by atoms with Crippen LogP contribution in [0.2, 0.25) is 0 Å². The van der Waals surface area contributed by atoms with Crippen molar-refractivity contribution in [3.05, 3.63) is 35.9 Å². The Hall–Kier alpha value is -0.820. The van der Waals surface area contributed by atoms with Crippen LogP contribution in [0.15, 0.2) is 30.3 Å². The van der Waals surface area contributed by atoms with Crippen molar-refractivity contribution >= 4 is 0 Å². The van der Waals surface area contributed by atoms with E-state index in [0.717, 1.165) is 19.1 Å². The van der Waals surface area contributed by atoms with E-state index < -0.39 is 0 Å². The van der Waals surface area contributed by atoms with Crippen LogP contribution < -0.4 is 0 Å². The quantitative estimate of drug-likeness (QED) is 0.724. The van der Waals surface area contributed by atoms with Crippen molar-refractivity contribution < 1.29 is 4.74 Å². The monoisotopic (exact) mass is 220 g/mol. The third-order valence-electron chi connectivity index (χ3n) is 3.30. The second kappa shape index (κ2) is 7.45. The molecular weight excluding hydrogens is 196 g/mol. The fraction of sp³-hybridized carbons (Fsp3) is 0.600. The highest BCUT2D eigenvalue weighted by atomic mass is 16.5. The molecule has 1 heteroatoms. The van der Waals surface area contributed by atoms with Gasteiger partial charge in [0.1, 0.15) is 0 Å². The summed E-state index contributed by atoms with van der Waals surface area (Å²) in [6, 6.07) is 10.8. The summed E-state index contributed by atoms with van der Waals surface area (Å²) in [6.45, 7) is 8.23. The molecule has 16 heavy (non-hydrogen) atoms. The van der Waals surface area contributed by atoms with Gasteiger partial charge in [-0.15, -0.1) is 0 Å². The maximum Gasteiger partial charge on any atom is 0.0468 e. The second-order valence-electron chi connectivity index (χ2n) is 4.15. The first kappa shape index (κ1) is 13.2. The Balaban J connectivity index is 0.000000606. The fourth-order valence-corrected chi connectivity index (χ4v) is 2.24. The zero-order chi connectivity index (χ0) is 11.8. The molecule has 1 heterocycles. The van der Waals surface area contributed by atoms with Crippen molar-refractivity contribution in [2.75, 3.05) is 13.2 Å². The van der Waals surface area contributed by atoms with Gasteiger partial charge in [-0.1, -0.05) is 51.1 Å². The van der Waals surface area contributed by atoms with Crippen LogP contribution in [0, 0.1) is 5.92 Å². The Bertz CT molecular complexity index is 262.